The van der Waals surface area contributed by atoms with Crippen LogP contribution in [-0.4, -0.2) is 50.5 Å². The predicted octanol–water partition coefficient (Wildman–Crippen LogP) is 2.44. The zero-order valence-corrected chi connectivity index (χ0v) is 15.4. The molecule has 0 atom stereocenters. The second kappa shape index (κ2) is 19.5. The van der Waals surface area contributed by atoms with Gasteiger partial charge in [0.05, 0.1) is 17.3 Å². The molecule has 0 saturated carbocycles. The van der Waals surface area contributed by atoms with Gasteiger partial charge in [0.1, 0.15) is 0 Å². The van der Waals surface area contributed by atoms with Crippen molar-refractivity contribution in [2.75, 3.05) is 17.3 Å². The first kappa shape index (κ1) is 28.6. The van der Waals surface area contributed by atoms with Crippen molar-refractivity contribution in [3.05, 3.63) is 0 Å². The molecule has 6 nitrogen and oxygen atoms in total. The molecule has 0 aromatic carbocycles. The number of aliphatic carboxylic acids is 3. The van der Waals surface area contributed by atoms with Crippen LogP contribution in [0.25, 0.3) is 0 Å². The van der Waals surface area contributed by atoms with Crippen LogP contribution in [0, 0.1) is 5.41 Å². The van der Waals surface area contributed by atoms with E-state index in [1.165, 1.54) is 6.42 Å². The largest absolute Gasteiger partial charge is 0.481 e. The Kier molecular flexibility index (Phi) is 26.5. The summed E-state index contributed by atoms with van der Waals surface area (Å²) in [4.78, 5) is 27.9. The molecule has 0 aliphatic rings. The van der Waals surface area contributed by atoms with E-state index in [9.17, 15) is 14.4 Å². The van der Waals surface area contributed by atoms with Crippen molar-refractivity contribution in [1.82, 2.24) is 0 Å². The van der Waals surface area contributed by atoms with Gasteiger partial charge in [-0.05, 0) is 5.41 Å². The average molecular weight is 363 g/mol. The van der Waals surface area contributed by atoms with E-state index in [1.807, 2.05) is 0 Å². The van der Waals surface area contributed by atoms with E-state index in [-0.39, 0.29) is 17.3 Å². The zero-order chi connectivity index (χ0) is 18.1. The Bertz CT molecular complexity index is 243. The highest BCUT2D eigenvalue weighted by Gasteiger charge is 2.03. The Balaban J connectivity index is -0.0000000921. The van der Waals surface area contributed by atoms with Crippen molar-refractivity contribution in [3.63, 3.8) is 0 Å². The van der Waals surface area contributed by atoms with Crippen LogP contribution in [0.5, 0.6) is 0 Å². The predicted molar refractivity (Wildman–Crippen MR) is 94.2 cm³/mol. The van der Waals surface area contributed by atoms with Crippen LogP contribution in [0.3, 0.4) is 0 Å². The summed E-state index contributed by atoms with van der Waals surface area (Å²) in [7, 11) is 0. The van der Waals surface area contributed by atoms with E-state index >= 15 is 0 Å². The summed E-state index contributed by atoms with van der Waals surface area (Å²) >= 11 is 10.2. The molecule has 0 aromatic rings. The molecule has 9 heteroatoms. The Labute approximate surface area is 142 Å². The third kappa shape index (κ3) is 82.9. The molecule has 0 amide bonds. The van der Waals surface area contributed by atoms with Crippen molar-refractivity contribution < 1.29 is 29.7 Å². The van der Waals surface area contributed by atoms with Crippen LogP contribution in [0.1, 0.15) is 34.1 Å². The first-order valence-corrected chi connectivity index (χ1v) is 7.75. The minimum atomic E-state index is -0.881. The van der Waals surface area contributed by atoms with Gasteiger partial charge < -0.3 is 15.3 Å². The fourth-order valence-electron chi connectivity index (χ4n) is 0. The monoisotopic (exact) mass is 362 g/mol. The first-order valence-electron chi connectivity index (χ1n) is 5.85. The van der Waals surface area contributed by atoms with E-state index in [0.717, 1.165) is 0 Å². The molecule has 21 heavy (non-hydrogen) atoms. The molecule has 128 valence electrons. The molecule has 0 bridgehead atoms. The van der Waals surface area contributed by atoms with E-state index < -0.39 is 17.9 Å². The van der Waals surface area contributed by atoms with Gasteiger partial charge >= 0.3 is 17.9 Å². The lowest BCUT2D eigenvalue weighted by atomic mass is 9.94. The van der Waals surface area contributed by atoms with Crippen molar-refractivity contribution in [1.29, 1.82) is 0 Å². The maximum atomic E-state index is 9.29. The van der Waals surface area contributed by atoms with E-state index in [4.69, 9.17) is 15.3 Å². The summed E-state index contributed by atoms with van der Waals surface area (Å²) < 4.78 is 0. The molecule has 0 heterocycles. The van der Waals surface area contributed by atoms with Gasteiger partial charge in [0.25, 0.3) is 0 Å². The molecule has 0 radical (unpaired) electrons. The number of carboxylic acid groups (broad SMARTS) is 3. The standard InChI is InChI=1S/C6H14.3C2H4O2S/c1-5-6(2,3)4;3*3-2(4)1-5/h5H2,1-4H3;3*5H,1H2,(H,3,4). The quantitative estimate of drug-likeness (QED) is 0.430. The molecular formula is C12H26O6S3. The summed E-state index contributed by atoms with van der Waals surface area (Å²) in [6.07, 6.45) is 1.27. The highest BCUT2D eigenvalue weighted by atomic mass is 32.1. The van der Waals surface area contributed by atoms with E-state index in [1.54, 1.807) is 0 Å². The SMILES string of the molecule is CCC(C)(C)C.O=C(O)CS.O=C(O)CS.O=C(O)CS. The summed E-state index contributed by atoms with van der Waals surface area (Å²) in [6, 6.07) is 0. The fourth-order valence-corrected chi connectivity index (χ4v) is 0. The number of hydrogen-bond donors (Lipinski definition) is 6. The Morgan fingerprint density at radius 1 is 0.762 bits per heavy atom. The summed E-state index contributed by atoms with van der Waals surface area (Å²) in [5.41, 5.74) is 0.542. The Morgan fingerprint density at radius 3 is 0.857 bits per heavy atom. The maximum Gasteiger partial charge on any atom is 0.313 e. The van der Waals surface area contributed by atoms with E-state index in [0.29, 0.717) is 5.41 Å². The molecule has 0 unspecified atom stereocenters. The summed E-state index contributed by atoms with van der Waals surface area (Å²) in [6.45, 7) is 8.94. The highest BCUT2D eigenvalue weighted by molar-refractivity contribution is 7.81. The minimum Gasteiger partial charge on any atom is -0.481 e. The Hall–Kier alpha value is -0.540. The van der Waals surface area contributed by atoms with Crippen LogP contribution in [-0.2, 0) is 14.4 Å². The average Bonchev–Trinajstić information content (AvgIpc) is 2.39. The van der Waals surface area contributed by atoms with Gasteiger partial charge in [0.15, 0.2) is 0 Å². The third-order valence-electron chi connectivity index (χ3n) is 1.47. The number of thiol groups is 3. The molecule has 0 fully saturated rings. The summed E-state index contributed by atoms with van der Waals surface area (Å²) in [5.74, 6) is -2.89. The minimum absolute atomic E-state index is 0.0833. The topological polar surface area (TPSA) is 112 Å². The molecule has 0 saturated heterocycles. The highest BCUT2D eigenvalue weighted by Crippen LogP contribution is 2.16. The molecule has 0 aromatic heterocycles. The van der Waals surface area contributed by atoms with Crippen molar-refractivity contribution in [2.45, 2.75) is 34.1 Å². The Morgan fingerprint density at radius 2 is 0.857 bits per heavy atom. The van der Waals surface area contributed by atoms with Crippen LogP contribution < -0.4 is 0 Å². The second-order valence-corrected chi connectivity index (χ2v) is 5.52. The molecule has 3 N–H and O–H groups in total. The van der Waals surface area contributed by atoms with Gasteiger partial charge in [-0.3, -0.25) is 14.4 Å². The molecular weight excluding hydrogens is 336 g/mol. The lowest BCUT2D eigenvalue weighted by molar-refractivity contribution is -0.134. The maximum absolute atomic E-state index is 9.29. The van der Waals surface area contributed by atoms with Gasteiger partial charge in [-0.2, -0.15) is 37.9 Å². The number of carbonyl (C=O) groups is 3. The normalized spacial score (nSPS) is 8.71. The van der Waals surface area contributed by atoms with Crippen molar-refractivity contribution in [2.24, 2.45) is 5.41 Å². The lowest BCUT2D eigenvalue weighted by Gasteiger charge is -2.12. The number of carboxylic acids is 3. The fraction of sp³-hybridized carbons (Fsp3) is 0.750. The smallest absolute Gasteiger partial charge is 0.313 e. The lowest BCUT2D eigenvalue weighted by Crippen LogP contribution is -2.00. The van der Waals surface area contributed by atoms with Gasteiger partial charge in [-0.25, -0.2) is 0 Å². The summed E-state index contributed by atoms with van der Waals surface area (Å²) in [5, 5.41) is 22.9. The van der Waals surface area contributed by atoms with E-state index in [2.05, 4.69) is 65.6 Å². The molecule has 0 spiro atoms. The van der Waals surface area contributed by atoms with Gasteiger partial charge in [0.2, 0.25) is 0 Å². The van der Waals surface area contributed by atoms with Crippen LogP contribution in [0.15, 0.2) is 0 Å². The second-order valence-electron chi connectivity index (χ2n) is 4.57. The van der Waals surface area contributed by atoms with Crippen LogP contribution in [0.2, 0.25) is 0 Å². The van der Waals surface area contributed by atoms with Crippen LogP contribution in [0.4, 0.5) is 0 Å². The number of rotatable bonds is 3. The third-order valence-corrected chi connectivity index (χ3v) is 2.28. The number of hydrogen-bond acceptors (Lipinski definition) is 6. The van der Waals surface area contributed by atoms with Gasteiger partial charge in [-0.15, -0.1) is 0 Å². The zero-order valence-electron chi connectivity index (χ0n) is 12.7. The molecule has 0 aliphatic heterocycles. The van der Waals surface area contributed by atoms with Crippen molar-refractivity contribution >= 4 is 55.8 Å². The van der Waals surface area contributed by atoms with Crippen molar-refractivity contribution in [3.8, 4) is 0 Å². The molecule has 0 rings (SSSR count). The van der Waals surface area contributed by atoms with Crippen LogP contribution >= 0.6 is 37.9 Å². The van der Waals surface area contributed by atoms with Gasteiger partial charge in [-0.1, -0.05) is 34.1 Å². The van der Waals surface area contributed by atoms with Gasteiger partial charge in [0, 0.05) is 0 Å². The first-order chi connectivity index (χ1) is 9.37. The molecule has 0 aliphatic carbocycles.